The van der Waals surface area contributed by atoms with Crippen molar-refractivity contribution < 1.29 is 20.1 Å². The lowest BCUT2D eigenvalue weighted by Crippen LogP contribution is -2.42. The van der Waals surface area contributed by atoms with Gasteiger partial charge in [-0.2, -0.15) is 0 Å². The zero-order valence-electron chi connectivity index (χ0n) is 10.2. The fourth-order valence-electron chi connectivity index (χ4n) is 2.43. The lowest BCUT2D eigenvalue weighted by Gasteiger charge is -2.38. The monoisotopic (exact) mass is 258 g/mol. The molecule has 19 heavy (non-hydrogen) atoms. The molecule has 2 aromatic rings. The zero-order chi connectivity index (χ0) is 13.5. The molecule has 0 bridgehead atoms. The minimum absolute atomic E-state index is 0.0629. The Bertz CT molecular complexity index is 611. The highest BCUT2D eigenvalue weighted by molar-refractivity contribution is 5.45. The molecule has 2 aromatic carbocycles. The summed E-state index contributed by atoms with van der Waals surface area (Å²) in [5, 5.41) is 31.0. The van der Waals surface area contributed by atoms with Gasteiger partial charge in [-0.1, -0.05) is 36.4 Å². The van der Waals surface area contributed by atoms with Crippen molar-refractivity contribution in [3.8, 4) is 11.5 Å². The van der Waals surface area contributed by atoms with Gasteiger partial charge in [-0.05, 0) is 12.1 Å². The van der Waals surface area contributed by atoms with Gasteiger partial charge in [-0.25, -0.2) is 0 Å². The maximum Gasteiger partial charge on any atom is 0.157 e. The molecule has 2 unspecified atom stereocenters. The number of aliphatic hydroxyl groups excluding tert-OH is 1. The minimum Gasteiger partial charge on any atom is -0.508 e. The summed E-state index contributed by atoms with van der Waals surface area (Å²) >= 11 is 0. The van der Waals surface area contributed by atoms with E-state index in [0.29, 0.717) is 11.3 Å². The number of phenols is 1. The maximum absolute atomic E-state index is 10.7. The molecule has 2 atom stereocenters. The highest BCUT2D eigenvalue weighted by Gasteiger charge is 2.45. The highest BCUT2D eigenvalue weighted by atomic mass is 16.5. The molecular formula is C15H14O4. The van der Waals surface area contributed by atoms with E-state index < -0.39 is 11.7 Å². The van der Waals surface area contributed by atoms with Crippen LogP contribution in [0.2, 0.25) is 0 Å². The summed E-state index contributed by atoms with van der Waals surface area (Å²) in [4.78, 5) is 0. The van der Waals surface area contributed by atoms with E-state index in [9.17, 15) is 15.3 Å². The standard InChI is InChI=1S/C15H14O4/c16-12-7-3-2-6-11(12)15(18)9-19-13-8-4-1-5-10(13)14(15)17/h1-8,14,16-18H,9H2. The lowest BCUT2D eigenvalue weighted by atomic mass is 9.82. The summed E-state index contributed by atoms with van der Waals surface area (Å²) in [6, 6.07) is 13.4. The second-order valence-electron chi connectivity index (χ2n) is 4.67. The fraction of sp³-hybridized carbons (Fsp3) is 0.200. The van der Waals surface area contributed by atoms with Gasteiger partial charge in [0.2, 0.25) is 0 Å². The number of aliphatic hydroxyl groups is 2. The zero-order valence-corrected chi connectivity index (χ0v) is 10.2. The predicted octanol–water partition coefficient (Wildman–Crippen LogP) is 1.71. The molecule has 0 amide bonds. The first kappa shape index (κ1) is 12.0. The second kappa shape index (κ2) is 4.26. The van der Waals surface area contributed by atoms with Crippen LogP contribution in [0.15, 0.2) is 48.5 Å². The Kier molecular flexibility index (Phi) is 2.69. The number of ether oxygens (including phenoxy) is 1. The molecule has 0 radical (unpaired) electrons. The Morgan fingerprint density at radius 3 is 2.53 bits per heavy atom. The summed E-state index contributed by atoms with van der Waals surface area (Å²) in [6.07, 6.45) is -1.15. The van der Waals surface area contributed by atoms with Crippen LogP contribution in [-0.2, 0) is 5.60 Å². The van der Waals surface area contributed by atoms with E-state index in [1.165, 1.54) is 6.07 Å². The van der Waals surface area contributed by atoms with Gasteiger partial charge in [0.1, 0.15) is 24.2 Å². The van der Waals surface area contributed by atoms with Gasteiger partial charge in [0.05, 0.1) is 0 Å². The van der Waals surface area contributed by atoms with Crippen molar-refractivity contribution in [2.45, 2.75) is 11.7 Å². The van der Waals surface area contributed by atoms with E-state index in [4.69, 9.17) is 4.74 Å². The van der Waals surface area contributed by atoms with E-state index in [0.717, 1.165) is 0 Å². The summed E-state index contributed by atoms with van der Waals surface area (Å²) in [7, 11) is 0. The van der Waals surface area contributed by atoms with Crippen LogP contribution in [0.4, 0.5) is 0 Å². The van der Waals surface area contributed by atoms with Crippen LogP contribution >= 0.6 is 0 Å². The normalized spacial score (nSPS) is 25.5. The molecule has 0 saturated heterocycles. The first-order valence-corrected chi connectivity index (χ1v) is 6.03. The Hall–Kier alpha value is -2.04. The number of hydrogen-bond acceptors (Lipinski definition) is 4. The molecule has 0 aliphatic carbocycles. The fourth-order valence-corrected chi connectivity index (χ4v) is 2.43. The Morgan fingerprint density at radius 1 is 1.05 bits per heavy atom. The van der Waals surface area contributed by atoms with Gasteiger partial charge in [0.25, 0.3) is 0 Å². The summed E-state index contributed by atoms with van der Waals surface area (Å²) in [5.74, 6) is 0.488. The largest absolute Gasteiger partial charge is 0.508 e. The second-order valence-corrected chi connectivity index (χ2v) is 4.67. The molecule has 1 heterocycles. The van der Waals surface area contributed by atoms with Crippen LogP contribution in [0.5, 0.6) is 11.5 Å². The van der Waals surface area contributed by atoms with Crippen LogP contribution < -0.4 is 4.74 Å². The van der Waals surface area contributed by atoms with Gasteiger partial charge in [0.15, 0.2) is 5.60 Å². The molecule has 0 spiro atoms. The molecule has 4 nitrogen and oxygen atoms in total. The summed E-state index contributed by atoms with van der Waals surface area (Å²) < 4.78 is 5.50. The Balaban J connectivity index is 2.10. The Labute approximate surface area is 110 Å². The number of fused-ring (bicyclic) bond motifs is 1. The summed E-state index contributed by atoms with van der Waals surface area (Å²) in [5.41, 5.74) is -0.879. The van der Waals surface area contributed by atoms with Gasteiger partial charge in [-0.15, -0.1) is 0 Å². The number of hydrogen-bond donors (Lipinski definition) is 3. The lowest BCUT2D eigenvalue weighted by molar-refractivity contribution is -0.122. The van der Waals surface area contributed by atoms with Gasteiger partial charge in [-0.3, -0.25) is 0 Å². The molecule has 0 saturated carbocycles. The number of phenolic OH excluding ortho intramolecular Hbond substituents is 1. The molecule has 1 aliphatic heterocycles. The molecule has 1 aliphatic rings. The SMILES string of the molecule is Oc1ccccc1C1(O)COc2ccccc2C1O. The average molecular weight is 258 g/mol. The number of aromatic hydroxyl groups is 1. The summed E-state index contributed by atoms with van der Waals surface area (Å²) in [6.45, 7) is -0.108. The van der Waals surface area contributed by atoms with Crippen molar-refractivity contribution in [1.29, 1.82) is 0 Å². The third-order valence-electron chi connectivity index (χ3n) is 3.48. The molecule has 0 fully saturated rings. The predicted molar refractivity (Wildman–Crippen MR) is 68.9 cm³/mol. The van der Waals surface area contributed by atoms with Crippen LogP contribution in [0, 0.1) is 0 Å². The first-order valence-electron chi connectivity index (χ1n) is 6.03. The molecule has 98 valence electrons. The third-order valence-corrected chi connectivity index (χ3v) is 3.48. The van der Waals surface area contributed by atoms with E-state index in [-0.39, 0.29) is 17.9 Å². The highest BCUT2D eigenvalue weighted by Crippen LogP contribution is 2.45. The van der Waals surface area contributed by atoms with Gasteiger partial charge >= 0.3 is 0 Å². The van der Waals surface area contributed by atoms with Crippen LogP contribution in [0.1, 0.15) is 17.2 Å². The molecule has 3 rings (SSSR count). The number of rotatable bonds is 1. The smallest absolute Gasteiger partial charge is 0.157 e. The van der Waals surface area contributed by atoms with Crippen molar-refractivity contribution in [2.24, 2.45) is 0 Å². The van der Waals surface area contributed by atoms with Crippen LogP contribution in [0.25, 0.3) is 0 Å². The van der Waals surface area contributed by atoms with Crippen LogP contribution in [0.3, 0.4) is 0 Å². The molecule has 4 heteroatoms. The number of para-hydroxylation sites is 2. The molecular weight excluding hydrogens is 244 g/mol. The quantitative estimate of drug-likeness (QED) is 0.728. The molecule has 0 aromatic heterocycles. The van der Waals surface area contributed by atoms with E-state index >= 15 is 0 Å². The van der Waals surface area contributed by atoms with Crippen molar-refractivity contribution in [2.75, 3.05) is 6.61 Å². The number of benzene rings is 2. The van der Waals surface area contributed by atoms with Crippen molar-refractivity contribution in [3.63, 3.8) is 0 Å². The minimum atomic E-state index is -1.65. The van der Waals surface area contributed by atoms with Gasteiger partial charge in [0, 0.05) is 11.1 Å². The first-order chi connectivity index (χ1) is 9.13. The third kappa shape index (κ3) is 1.77. The topological polar surface area (TPSA) is 69.9 Å². The van der Waals surface area contributed by atoms with Crippen LogP contribution in [-0.4, -0.2) is 21.9 Å². The molecule has 3 N–H and O–H groups in total. The van der Waals surface area contributed by atoms with Crippen molar-refractivity contribution in [3.05, 3.63) is 59.7 Å². The van der Waals surface area contributed by atoms with Gasteiger partial charge < -0.3 is 20.1 Å². The van der Waals surface area contributed by atoms with Crippen molar-refractivity contribution in [1.82, 2.24) is 0 Å². The Morgan fingerprint density at radius 2 is 1.74 bits per heavy atom. The van der Waals surface area contributed by atoms with E-state index in [2.05, 4.69) is 0 Å². The van der Waals surface area contributed by atoms with Crippen molar-refractivity contribution >= 4 is 0 Å². The van der Waals surface area contributed by atoms with E-state index in [1.54, 1.807) is 42.5 Å². The maximum atomic E-state index is 10.7. The van der Waals surface area contributed by atoms with E-state index in [1.807, 2.05) is 0 Å². The average Bonchev–Trinajstić information content (AvgIpc) is 2.44.